The van der Waals surface area contributed by atoms with Gasteiger partial charge < -0.3 is 16.4 Å². The molecule has 1 saturated heterocycles. The maximum atomic E-state index is 12.4. The van der Waals surface area contributed by atoms with E-state index in [0.717, 1.165) is 25.4 Å². The van der Waals surface area contributed by atoms with Gasteiger partial charge in [-0.15, -0.1) is 12.4 Å². The van der Waals surface area contributed by atoms with Gasteiger partial charge in [-0.25, -0.2) is 0 Å². The molecule has 1 amide bonds. The highest BCUT2D eigenvalue weighted by atomic mass is 35.5. The Bertz CT molecular complexity index is 516. The molecule has 0 radical (unpaired) electrons. The van der Waals surface area contributed by atoms with E-state index >= 15 is 0 Å². The SMILES string of the molecule is Cl.NCC1(C(=O)NCc2ccc(C(F)(F)F)nc2)CCNCC1. The van der Waals surface area contributed by atoms with Crippen LogP contribution in [0.1, 0.15) is 24.1 Å². The number of halogens is 4. The minimum absolute atomic E-state index is 0. The lowest BCUT2D eigenvalue weighted by Gasteiger charge is -2.35. The average Bonchev–Trinajstić information content (AvgIpc) is 2.52. The topological polar surface area (TPSA) is 80.0 Å². The van der Waals surface area contributed by atoms with Gasteiger partial charge in [0, 0.05) is 19.3 Å². The van der Waals surface area contributed by atoms with E-state index in [1.807, 2.05) is 0 Å². The first-order chi connectivity index (χ1) is 10.4. The molecule has 0 bridgehead atoms. The minimum Gasteiger partial charge on any atom is -0.351 e. The number of hydrogen-bond acceptors (Lipinski definition) is 4. The smallest absolute Gasteiger partial charge is 0.351 e. The number of alkyl halides is 3. The van der Waals surface area contributed by atoms with Crippen LogP contribution < -0.4 is 16.4 Å². The number of nitrogens with two attached hydrogens (primary N) is 1. The largest absolute Gasteiger partial charge is 0.433 e. The third kappa shape index (κ3) is 4.79. The highest BCUT2D eigenvalue weighted by molar-refractivity contribution is 5.85. The summed E-state index contributed by atoms with van der Waals surface area (Å²) in [5.41, 5.74) is 4.73. The minimum atomic E-state index is -4.46. The molecule has 0 atom stereocenters. The summed E-state index contributed by atoms with van der Waals surface area (Å²) in [6, 6.07) is 2.22. The molecular weight excluding hydrogens is 333 g/mol. The first kappa shape index (κ1) is 19.7. The Kier molecular flexibility index (Phi) is 6.79. The summed E-state index contributed by atoms with van der Waals surface area (Å²) in [4.78, 5) is 15.7. The number of nitrogens with zero attached hydrogens (tertiary/aromatic N) is 1. The number of rotatable bonds is 4. The summed E-state index contributed by atoms with van der Waals surface area (Å²) in [5, 5.41) is 5.92. The molecule has 0 aromatic carbocycles. The van der Waals surface area contributed by atoms with Crippen LogP contribution >= 0.6 is 12.4 Å². The summed E-state index contributed by atoms with van der Waals surface area (Å²) < 4.78 is 37.3. The fraction of sp³-hybridized carbons (Fsp3) is 0.571. The van der Waals surface area contributed by atoms with Gasteiger partial charge in [-0.3, -0.25) is 9.78 Å². The van der Waals surface area contributed by atoms with E-state index < -0.39 is 17.3 Å². The monoisotopic (exact) mass is 352 g/mol. The molecule has 5 nitrogen and oxygen atoms in total. The second-order valence-electron chi connectivity index (χ2n) is 5.47. The summed E-state index contributed by atoms with van der Waals surface area (Å²) in [6.07, 6.45) is -2.03. The van der Waals surface area contributed by atoms with Crippen LogP contribution in [0, 0.1) is 5.41 Å². The van der Waals surface area contributed by atoms with Crippen molar-refractivity contribution in [2.75, 3.05) is 19.6 Å². The lowest BCUT2D eigenvalue weighted by molar-refractivity contribution is -0.141. The third-order valence-electron chi connectivity index (χ3n) is 4.00. The lowest BCUT2D eigenvalue weighted by atomic mass is 9.78. The lowest BCUT2D eigenvalue weighted by Crippen LogP contribution is -2.51. The molecule has 4 N–H and O–H groups in total. The van der Waals surface area contributed by atoms with Crippen molar-refractivity contribution in [2.24, 2.45) is 11.1 Å². The molecule has 23 heavy (non-hydrogen) atoms. The number of aromatic nitrogens is 1. The van der Waals surface area contributed by atoms with Crippen molar-refractivity contribution in [1.82, 2.24) is 15.6 Å². The highest BCUT2D eigenvalue weighted by Crippen LogP contribution is 2.28. The van der Waals surface area contributed by atoms with Crippen molar-refractivity contribution in [3.8, 4) is 0 Å². The van der Waals surface area contributed by atoms with Crippen molar-refractivity contribution in [3.05, 3.63) is 29.6 Å². The number of amides is 1. The van der Waals surface area contributed by atoms with E-state index in [1.54, 1.807) is 0 Å². The highest BCUT2D eigenvalue weighted by Gasteiger charge is 2.38. The zero-order valence-corrected chi connectivity index (χ0v) is 13.3. The van der Waals surface area contributed by atoms with Crippen molar-refractivity contribution < 1.29 is 18.0 Å². The number of carbonyl (C=O) groups is 1. The molecule has 9 heteroatoms. The van der Waals surface area contributed by atoms with Crippen LogP contribution in [0.5, 0.6) is 0 Å². The maximum absolute atomic E-state index is 12.4. The zero-order chi connectivity index (χ0) is 16.2. The number of nitrogens with one attached hydrogen (secondary N) is 2. The van der Waals surface area contributed by atoms with E-state index in [0.29, 0.717) is 18.4 Å². The fourth-order valence-electron chi connectivity index (χ4n) is 2.50. The first-order valence-electron chi connectivity index (χ1n) is 7.09. The molecule has 0 unspecified atom stereocenters. The molecule has 1 aromatic rings. The van der Waals surface area contributed by atoms with Gasteiger partial charge in [0.1, 0.15) is 5.69 Å². The van der Waals surface area contributed by atoms with Crippen molar-refractivity contribution >= 4 is 18.3 Å². The van der Waals surface area contributed by atoms with E-state index in [1.165, 1.54) is 6.07 Å². The second kappa shape index (κ2) is 7.94. The standard InChI is InChI=1S/C14H19F3N4O.ClH/c15-14(16,17)11-2-1-10(7-20-11)8-21-12(22)13(9-18)3-5-19-6-4-13;/h1-2,7,19H,3-6,8-9,18H2,(H,21,22);1H. The molecule has 1 aromatic heterocycles. The van der Waals surface area contributed by atoms with Crippen molar-refractivity contribution in [1.29, 1.82) is 0 Å². The molecule has 0 spiro atoms. The molecule has 1 aliphatic rings. The van der Waals surface area contributed by atoms with Crippen molar-refractivity contribution in [2.45, 2.75) is 25.6 Å². The van der Waals surface area contributed by atoms with Crippen LogP contribution in [0.3, 0.4) is 0 Å². The van der Waals surface area contributed by atoms with Gasteiger partial charge in [0.25, 0.3) is 0 Å². The molecule has 1 aliphatic heterocycles. The van der Waals surface area contributed by atoms with Crippen LogP contribution in [-0.2, 0) is 17.5 Å². The van der Waals surface area contributed by atoms with Gasteiger partial charge in [-0.05, 0) is 37.6 Å². The van der Waals surface area contributed by atoms with Gasteiger partial charge >= 0.3 is 6.18 Å². The summed E-state index contributed by atoms with van der Waals surface area (Å²) in [5.74, 6) is -0.156. The predicted octanol–water partition coefficient (Wildman–Crippen LogP) is 1.47. The molecule has 2 heterocycles. The van der Waals surface area contributed by atoms with Gasteiger partial charge in [0.15, 0.2) is 0 Å². The normalized spacial score (nSPS) is 17.2. The number of piperidine rings is 1. The Morgan fingerprint density at radius 2 is 2.00 bits per heavy atom. The van der Waals surface area contributed by atoms with Gasteiger partial charge in [-0.1, -0.05) is 6.07 Å². The summed E-state index contributed by atoms with van der Waals surface area (Å²) in [6.45, 7) is 1.85. The number of hydrogen-bond donors (Lipinski definition) is 3. The van der Waals surface area contributed by atoms with E-state index in [9.17, 15) is 18.0 Å². The number of pyridine rings is 1. The molecule has 1 fully saturated rings. The first-order valence-corrected chi connectivity index (χ1v) is 7.09. The van der Waals surface area contributed by atoms with E-state index in [-0.39, 0.29) is 31.4 Å². The van der Waals surface area contributed by atoms with Gasteiger partial charge in [0.05, 0.1) is 5.41 Å². The van der Waals surface area contributed by atoms with Gasteiger partial charge in [-0.2, -0.15) is 13.2 Å². The molecule has 130 valence electrons. The predicted molar refractivity (Wildman–Crippen MR) is 81.9 cm³/mol. The van der Waals surface area contributed by atoms with Crippen LogP contribution in [0.25, 0.3) is 0 Å². The Labute approximate surface area is 138 Å². The zero-order valence-electron chi connectivity index (χ0n) is 12.4. The summed E-state index contributed by atoms with van der Waals surface area (Å²) >= 11 is 0. The quantitative estimate of drug-likeness (QED) is 0.766. The molecule has 0 aliphatic carbocycles. The Morgan fingerprint density at radius 1 is 1.35 bits per heavy atom. The Morgan fingerprint density at radius 3 is 2.48 bits per heavy atom. The van der Waals surface area contributed by atoms with Crippen LogP contribution in [0.15, 0.2) is 18.3 Å². The average molecular weight is 353 g/mol. The molecular formula is C14H20ClF3N4O. The van der Waals surface area contributed by atoms with Gasteiger partial charge in [0.2, 0.25) is 5.91 Å². The van der Waals surface area contributed by atoms with Crippen LogP contribution in [0.2, 0.25) is 0 Å². The Hall–Kier alpha value is -1.38. The van der Waals surface area contributed by atoms with E-state index in [4.69, 9.17) is 5.73 Å². The van der Waals surface area contributed by atoms with E-state index in [2.05, 4.69) is 15.6 Å². The van der Waals surface area contributed by atoms with Crippen LogP contribution in [-0.4, -0.2) is 30.5 Å². The fourth-order valence-corrected chi connectivity index (χ4v) is 2.50. The second-order valence-corrected chi connectivity index (χ2v) is 5.47. The third-order valence-corrected chi connectivity index (χ3v) is 4.00. The molecule has 0 saturated carbocycles. The van der Waals surface area contributed by atoms with Crippen molar-refractivity contribution in [3.63, 3.8) is 0 Å². The Balaban J connectivity index is 0.00000264. The number of carbonyl (C=O) groups excluding carboxylic acids is 1. The maximum Gasteiger partial charge on any atom is 0.433 e. The molecule has 2 rings (SSSR count). The van der Waals surface area contributed by atoms with Crippen LogP contribution in [0.4, 0.5) is 13.2 Å². The summed E-state index contributed by atoms with van der Waals surface area (Å²) in [7, 11) is 0.